The van der Waals surface area contributed by atoms with Crippen molar-refractivity contribution in [3.63, 3.8) is 0 Å². The first-order valence-corrected chi connectivity index (χ1v) is 8.49. The number of esters is 1. The van der Waals surface area contributed by atoms with Crippen LogP contribution in [-0.4, -0.2) is 19.9 Å². The van der Waals surface area contributed by atoms with Gasteiger partial charge in [-0.05, 0) is 48.0 Å². The van der Waals surface area contributed by atoms with Gasteiger partial charge in [0.2, 0.25) is 6.79 Å². The van der Waals surface area contributed by atoms with E-state index in [1.54, 1.807) is 54.6 Å². The first-order chi connectivity index (χ1) is 13.7. The lowest BCUT2D eigenvalue weighted by molar-refractivity contribution is 0.0601. The molecule has 0 atom stereocenters. The molecule has 0 saturated carbocycles. The van der Waals surface area contributed by atoms with Crippen LogP contribution in [0.25, 0.3) is 23.0 Å². The van der Waals surface area contributed by atoms with E-state index < -0.39 is 5.97 Å². The van der Waals surface area contributed by atoms with Crippen molar-refractivity contribution in [3.8, 4) is 28.9 Å². The molecule has 0 unspecified atom stereocenters. The Morgan fingerprint density at radius 3 is 2.75 bits per heavy atom. The van der Waals surface area contributed by atoms with E-state index in [9.17, 15) is 10.1 Å². The number of methoxy groups -OCH3 is 1. The molecule has 138 valence electrons. The first kappa shape index (κ1) is 17.4. The minimum Gasteiger partial charge on any atom is -0.465 e. The minimum atomic E-state index is -0.442. The monoisotopic (exact) mass is 373 g/mol. The van der Waals surface area contributed by atoms with E-state index in [0.29, 0.717) is 45.3 Å². The van der Waals surface area contributed by atoms with Crippen LogP contribution in [0.2, 0.25) is 0 Å². The number of allylic oxidation sites excluding steroid dienone is 1. The Balaban J connectivity index is 1.68. The summed E-state index contributed by atoms with van der Waals surface area (Å²) in [4.78, 5) is 12.0. The van der Waals surface area contributed by atoms with E-state index in [0.717, 1.165) is 0 Å². The number of nitriles is 1. The van der Waals surface area contributed by atoms with Crippen LogP contribution in [0.3, 0.4) is 0 Å². The van der Waals surface area contributed by atoms with Crippen LogP contribution in [0.1, 0.15) is 21.7 Å². The Morgan fingerprint density at radius 2 is 1.93 bits per heavy atom. The molecule has 0 radical (unpaired) electrons. The predicted molar refractivity (Wildman–Crippen MR) is 102 cm³/mol. The van der Waals surface area contributed by atoms with Crippen molar-refractivity contribution in [1.29, 1.82) is 5.26 Å². The summed E-state index contributed by atoms with van der Waals surface area (Å²) in [5.74, 6) is 1.81. The van der Waals surface area contributed by atoms with Gasteiger partial charge in [0.05, 0.1) is 24.3 Å². The lowest BCUT2D eigenvalue weighted by Crippen LogP contribution is -2.02. The molecule has 6 heteroatoms. The van der Waals surface area contributed by atoms with Crippen molar-refractivity contribution in [1.82, 2.24) is 0 Å². The smallest absolute Gasteiger partial charge is 0.338 e. The third-order valence-electron chi connectivity index (χ3n) is 4.32. The van der Waals surface area contributed by atoms with Crippen molar-refractivity contribution in [3.05, 3.63) is 71.5 Å². The molecule has 0 fully saturated rings. The summed E-state index contributed by atoms with van der Waals surface area (Å²) in [5.41, 5.74) is 2.14. The van der Waals surface area contributed by atoms with Crippen LogP contribution >= 0.6 is 0 Å². The van der Waals surface area contributed by atoms with Crippen LogP contribution in [0, 0.1) is 11.3 Å². The third-order valence-corrected chi connectivity index (χ3v) is 4.32. The average Bonchev–Trinajstić information content (AvgIpc) is 3.40. The fraction of sp³-hybridized carbons (Fsp3) is 0.0909. The van der Waals surface area contributed by atoms with Gasteiger partial charge in [-0.3, -0.25) is 0 Å². The van der Waals surface area contributed by atoms with Crippen LogP contribution in [-0.2, 0) is 4.74 Å². The number of fused-ring (bicyclic) bond motifs is 1. The predicted octanol–water partition coefficient (Wildman–Crippen LogP) is 4.53. The number of carbonyl (C=O) groups excluding carboxylic acids is 1. The molecule has 2 aromatic carbocycles. The van der Waals surface area contributed by atoms with E-state index in [1.165, 1.54) is 7.11 Å². The Morgan fingerprint density at radius 1 is 1.11 bits per heavy atom. The van der Waals surface area contributed by atoms with Crippen LogP contribution in [0.5, 0.6) is 11.5 Å². The van der Waals surface area contributed by atoms with Crippen LogP contribution in [0.4, 0.5) is 0 Å². The molecule has 1 aliphatic rings. The maximum atomic E-state index is 12.0. The molecule has 0 spiro atoms. The van der Waals surface area contributed by atoms with Crippen molar-refractivity contribution in [2.75, 3.05) is 13.9 Å². The second-order valence-electron chi connectivity index (χ2n) is 5.98. The Kier molecular flexibility index (Phi) is 4.56. The first-order valence-electron chi connectivity index (χ1n) is 8.49. The molecule has 0 bridgehead atoms. The highest BCUT2D eigenvalue weighted by atomic mass is 16.7. The molecule has 28 heavy (non-hydrogen) atoms. The zero-order valence-electron chi connectivity index (χ0n) is 15.0. The largest absolute Gasteiger partial charge is 0.465 e. The van der Waals surface area contributed by atoms with E-state index in [2.05, 4.69) is 6.07 Å². The molecule has 0 amide bonds. The number of furan rings is 1. The van der Waals surface area contributed by atoms with E-state index >= 15 is 0 Å². The summed E-state index contributed by atoms with van der Waals surface area (Å²) in [6.07, 6.45) is 1.64. The van der Waals surface area contributed by atoms with Crippen LogP contribution in [0.15, 0.2) is 59.0 Å². The summed E-state index contributed by atoms with van der Waals surface area (Å²) in [7, 11) is 1.33. The van der Waals surface area contributed by atoms with Gasteiger partial charge in [-0.2, -0.15) is 5.26 Å². The summed E-state index contributed by atoms with van der Waals surface area (Å²) in [6, 6.07) is 18.0. The number of carbonyl (C=O) groups is 1. The van der Waals surface area contributed by atoms with Gasteiger partial charge in [0.1, 0.15) is 11.5 Å². The van der Waals surface area contributed by atoms with Gasteiger partial charge >= 0.3 is 5.97 Å². The molecule has 3 aromatic rings. The van der Waals surface area contributed by atoms with Gasteiger partial charge in [0.15, 0.2) is 11.5 Å². The number of ether oxygens (including phenoxy) is 3. The van der Waals surface area contributed by atoms with Gasteiger partial charge in [-0.15, -0.1) is 0 Å². The third kappa shape index (κ3) is 3.21. The van der Waals surface area contributed by atoms with Crippen molar-refractivity contribution in [2.45, 2.75) is 0 Å². The normalized spacial score (nSPS) is 12.5. The quantitative estimate of drug-likeness (QED) is 0.494. The SMILES string of the molecule is COC(=O)c1ccccc1-c1ccc(/C=C(/C#N)c2ccc3c(c2)OCO3)o1. The van der Waals surface area contributed by atoms with Crippen LogP contribution < -0.4 is 9.47 Å². The average molecular weight is 373 g/mol. The minimum absolute atomic E-state index is 0.172. The molecular formula is C22H15NO5. The van der Waals surface area contributed by atoms with Gasteiger partial charge in [0, 0.05) is 5.56 Å². The lowest BCUT2D eigenvalue weighted by atomic mass is 10.1. The van der Waals surface area contributed by atoms with Gasteiger partial charge in [-0.1, -0.05) is 18.2 Å². The van der Waals surface area contributed by atoms with Crippen molar-refractivity contribution in [2.24, 2.45) is 0 Å². The molecule has 1 aromatic heterocycles. The standard InChI is InChI=1S/C22H15NO5/c1-25-22(24)18-5-3-2-4-17(18)19-9-7-16(28-19)10-15(12-23)14-6-8-20-21(11-14)27-13-26-20/h2-11H,13H2,1H3/b15-10-. The molecule has 0 N–H and O–H groups in total. The molecule has 1 aliphatic heterocycles. The highest BCUT2D eigenvalue weighted by molar-refractivity contribution is 5.96. The number of hydrogen-bond acceptors (Lipinski definition) is 6. The van der Waals surface area contributed by atoms with E-state index in [-0.39, 0.29) is 6.79 Å². The molecule has 6 nitrogen and oxygen atoms in total. The maximum absolute atomic E-state index is 12.0. The number of benzene rings is 2. The second kappa shape index (κ2) is 7.33. The fourth-order valence-corrected chi connectivity index (χ4v) is 2.95. The summed E-state index contributed by atoms with van der Waals surface area (Å²) < 4.78 is 21.3. The summed E-state index contributed by atoms with van der Waals surface area (Å²) >= 11 is 0. The Hall–Kier alpha value is -3.98. The molecule has 0 aliphatic carbocycles. The fourth-order valence-electron chi connectivity index (χ4n) is 2.95. The lowest BCUT2D eigenvalue weighted by Gasteiger charge is -2.05. The van der Waals surface area contributed by atoms with Gasteiger partial charge < -0.3 is 18.6 Å². The number of nitrogens with zero attached hydrogens (tertiary/aromatic N) is 1. The van der Waals surface area contributed by atoms with E-state index in [1.807, 2.05) is 6.07 Å². The zero-order chi connectivity index (χ0) is 19.5. The highest BCUT2D eigenvalue weighted by Crippen LogP contribution is 2.35. The Bertz CT molecular complexity index is 1120. The summed E-state index contributed by atoms with van der Waals surface area (Å²) in [6.45, 7) is 0.172. The topological polar surface area (TPSA) is 81.7 Å². The molecule has 0 saturated heterocycles. The van der Waals surface area contributed by atoms with Crippen molar-refractivity contribution < 1.29 is 23.4 Å². The Labute approximate surface area is 161 Å². The molecular weight excluding hydrogens is 358 g/mol. The highest BCUT2D eigenvalue weighted by Gasteiger charge is 2.17. The zero-order valence-corrected chi connectivity index (χ0v) is 15.0. The molecule has 4 rings (SSSR count). The van der Waals surface area contributed by atoms with Gasteiger partial charge in [-0.25, -0.2) is 4.79 Å². The second-order valence-corrected chi connectivity index (χ2v) is 5.98. The van der Waals surface area contributed by atoms with E-state index in [4.69, 9.17) is 18.6 Å². The van der Waals surface area contributed by atoms with Gasteiger partial charge in [0.25, 0.3) is 0 Å². The number of hydrogen-bond donors (Lipinski definition) is 0. The number of rotatable bonds is 4. The summed E-state index contributed by atoms with van der Waals surface area (Å²) in [5, 5.41) is 9.57. The molecule has 2 heterocycles. The van der Waals surface area contributed by atoms with Crippen molar-refractivity contribution >= 4 is 17.6 Å². The maximum Gasteiger partial charge on any atom is 0.338 e.